The Bertz CT molecular complexity index is 401. The van der Waals surface area contributed by atoms with Crippen molar-refractivity contribution in [3.05, 3.63) is 30.1 Å². The van der Waals surface area contributed by atoms with E-state index < -0.39 is 0 Å². The van der Waals surface area contributed by atoms with E-state index in [1.807, 2.05) is 18.5 Å². The van der Waals surface area contributed by atoms with Crippen molar-refractivity contribution in [1.82, 2.24) is 14.8 Å². The van der Waals surface area contributed by atoms with Gasteiger partial charge in [0.15, 0.2) is 0 Å². The van der Waals surface area contributed by atoms with Crippen molar-refractivity contribution in [3.63, 3.8) is 0 Å². The topological polar surface area (TPSA) is 45.4 Å². The molecule has 4 heteroatoms. The van der Waals surface area contributed by atoms with Crippen molar-refractivity contribution in [3.8, 4) is 0 Å². The van der Waals surface area contributed by atoms with Crippen LogP contribution in [-0.2, 0) is 0 Å². The maximum Gasteiger partial charge on any atom is 0.0514 e. The number of likely N-dealkylation sites (tertiary alicyclic amines) is 1. The van der Waals surface area contributed by atoms with Gasteiger partial charge in [-0.25, -0.2) is 0 Å². The first-order valence-electron chi connectivity index (χ1n) is 8.27. The summed E-state index contributed by atoms with van der Waals surface area (Å²) < 4.78 is 0. The number of hydrogen-bond acceptors (Lipinski definition) is 4. The van der Waals surface area contributed by atoms with Crippen LogP contribution < -0.4 is 5.73 Å². The van der Waals surface area contributed by atoms with Crippen LogP contribution in [0.15, 0.2) is 24.5 Å². The molecule has 0 saturated carbocycles. The lowest BCUT2D eigenvalue weighted by molar-refractivity contribution is 0.0863. The lowest BCUT2D eigenvalue weighted by Crippen LogP contribution is -2.48. The Labute approximate surface area is 129 Å². The average molecular weight is 290 g/mol. The van der Waals surface area contributed by atoms with E-state index in [0.29, 0.717) is 6.04 Å². The highest BCUT2D eigenvalue weighted by molar-refractivity contribution is 5.16. The van der Waals surface area contributed by atoms with Crippen molar-refractivity contribution in [1.29, 1.82) is 0 Å². The van der Waals surface area contributed by atoms with E-state index in [9.17, 15) is 0 Å². The quantitative estimate of drug-likeness (QED) is 0.873. The van der Waals surface area contributed by atoms with Gasteiger partial charge in [0.2, 0.25) is 0 Å². The Kier molecular flexibility index (Phi) is 6.15. The zero-order valence-corrected chi connectivity index (χ0v) is 13.7. The fraction of sp³-hybridized carbons (Fsp3) is 0.706. The Morgan fingerprint density at radius 2 is 2.10 bits per heavy atom. The highest BCUT2D eigenvalue weighted by Gasteiger charge is 2.30. The zero-order valence-electron chi connectivity index (χ0n) is 13.7. The number of rotatable bonds is 6. The maximum absolute atomic E-state index is 6.43. The van der Waals surface area contributed by atoms with Gasteiger partial charge in [-0.3, -0.25) is 9.88 Å². The van der Waals surface area contributed by atoms with Crippen molar-refractivity contribution in [2.45, 2.75) is 51.2 Å². The molecule has 1 aromatic heterocycles. The molecule has 21 heavy (non-hydrogen) atoms. The van der Waals surface area contributed by atoms with Gasteiger partial charge >= 0.3 is 0 Å². The molecule has 2 unspecified atom stereocenters. The standard InChI is InChI=1S/C17H30N4/c1-4-16(18)17(14-7-6-10-19-13-14)20(3)15-8-11-21(5-2)12-9-15/h6-7,10,13,15-17H,4-5,8-9,11-12,18H2,1-3H3. The number of aromatic nitrogens is 1. The van der Waals surface area contributed by atoms with Crippen LogP contribution in [0.5, 0.6) is 0 Å². The Balaban J connectivity index is 2.10. The summed E-state index contributed by atoms with van der Waals surface area (Å²) in [5.41, 5.74) is 7.67. The summed E-state index contributed by atoms with van der Waals surface area (Å²) in [6.45, 7) is 7.98. The summed E-state index contributed by atoms with van der Waals surface area (Å²) in [7, 11) is 2.24. The van der Waals surface area contributed by atoms with Crippen LogP contribution >= 0.6 is 0 Å². The minimum absolute atomic E-state index is 0.156. The van der Waals surface area contributed by atoms with Gasteiger partial charge in [-0.15, -0.1) is 0 Å². The normalized spacial score (nSPS) is 20.6. The van der Waals surface area contributed by atoms with Gasteiger partial charge in [0.1, 0.15) is 0 Å². The molecule has 2 rings (SSSR count). The molecule has 0 spiro atoms. The third kappa shape index (κ3) is 4.02. The Morgan fingerprint density at radius 1 is 1.38 bits per heavy atom. The summed E-state index contributed by atoms with van der Waals surface area (Å²) in [6.07, 6.45) is 7.25. The number of nitrogens with zero attached hydrogens (tertiary/aromatic N) is 3. The molecule has 0 bridgehead atoms. The van der Waals surface area contributed by atoms with Crippen molar-refractivity contribution >= 4 is 0 Å². The van der Waals surface area contributed by atoms with Crippen LogP contribution in [0.3, 0.4) is 0 Å². The second-order valence-electron chi connectivity index (χ2n) is 6.13. The molecular weight excluding hydrogens is 260 g/mol. The number of nitrogens with two attached hydrogens (primary N) is 1. The van der Waals surface area contributed by atoms with Crippen LogP contribution in [0, 0.1) is 0 Å². The number of piperidine rings is 1. The van der Waals surface area contributed by atoms with Crippen LogP contribution in [0.25, 0.3) is 0 Å². The van der Waals surface area contributed by atoms with E-state index in [4.69, 9.17) is 5.73 Å². The molecular formula is C17H30N4. The summed E-state index contributed by atoms with van der Waals surface area (Å²) in [6, 6.07) is 5.21. The van der Waals surface area contributed by atoms with E-state index in [1.54, 1.807) is 0 Å². The molecule has 1 aliphatic rings. The second-order valence-corrected chi connectivity index (χ2v) is 6.13. The fourth-order valence-corrected chi connectivity index (χ4v) is 3.43. The van der Waals surface area contributed by atoms with E-state index in [-0.39, 0.29) is 12.1 Å². The SMILES string of the molecule is CCC(N)C(c1cccnc1)N(C)C1CCN(CC)CC1. The number of pyridine rings is 1. The Morgan fingerprint density at radius 3 is 2.62 bits per heavy atom. The number of hydrogen-bond donors (Lipinski definition) is 1. The molecule has 0 aliphatic carbocycles. The minimum Gasteiger partial charge on any atom is -0.326 e. The molecule has 2 N–H and O–H groups in total. The molecule has 2 heterocycles. The van der Waals surface area contributed by atoms with Crippen LogP contribution in [-0.4, -0.2) is 53.5 Å². The lowest BCUT2D eigenvalue weighted by Gasteiger charge is -2.42. The van der Waals surface area contributed by atoms with Crippen LogP contribution in [0.1, 0.15) is 44.7 Å². The lowest BCUT2D eigenvalue weighted by atomic mass is 9.94. The van der Waals surface area contributed by atoms with E-state index in [2.05, 4.69) is 41.7 Å². The van der Waals surface area contributed by atoms with Gasteiger partial charge in [-0.2, -0.15) is 0 Å². The van der Waals surface area contributed by atoms with Crippen molar-refractivity contribution in [2.75, 3.05) is 26.7 Å². The summed E-state index contributed by atoms with van der Waals surface area (Å²) in [5.74, 6) is 0. The van der Waals surface area contributed by atoms with Gasteiger partial charge in [0, 0.05) is 24.5 Å². The monoisotopic (exact) mass is 290 g/mol. The third-order valence-electron chi connectivity index (χ3n) is 4.92. The summed E-state index contributed by atoms with van der Waals surface area (Å²) in [5, 5.41) is 0. The molecule has 1 aliphatic heterocycles. The average Bonchev–Trinajstić information content (AvgIpc) is 2.55. The van der Waals surface area contributed by atoms with Gasteiger partial charge in [0.05, 0.1) is 6.04 Å². The van der Waals surface area contributed by atoms with E-state index in [1.165, 1.54) is 31.5 Å². The minimum atomic E-state index is 0.156. The predicted octanol–water partition coefficient (Wildman–Crippen LogP) is 2.28. The first-order valence-corrected chi connectivity index (χ1v) is 8.27. The molecule has 0 radical (unpaired) electrons. The van der Waals surface area contributed by atoms with E-state index >= 15 is 0 Å². The molecule has 118 valence electrons. The highest BCUT2D eigenvalue weighted by atomic mass is 15.2. The van der Waals surface area contributed by atoms with Crippen LogP contribution in [0.4, 0.5) is 0 Å². The third-order valence-corrected chi connectivity index (χ3v) is 4.92. The molecule has 0 aromatic carbocycles. The molecule has 2 atom stereocenters. The van der Waals surface area contributed by atoms with Gasteiger partial charge < -0.3 is 10.6 Å². The molecule has 4 nitrogen and oxygen atoms in total. The fourth-order valence-electron chi connectivity index (χ4n) is 3.43. The maximum atomic E-state index is 6.43. The predicted molar refractivity (Wildman–Crippen MR) is 88.1 cm³/mol. The smallest absolute Gasteiger partial charge is 0.0514 e. The highest BCUT2D eigenvalue weighted by Crippen LogP contribution is 2.28. The van der Waals surface area contributed by atoms with E-state index in [0.717, 1.165) is 13.0 Å². The first-order chi connectivity index (χ1) is 10.2. The summed E-state index contributed by atoms with van der Waals surface area (Å²) >= 11 is 0. The molecule has 1 fully saturated rings. The van der Waals surface area contributed by atoms with Crippen molar-refractivity contribution < 1.29 is 0 Å². The Hall–Kier alpha value is -0.970. The van der Waals surface area contributed by atoms with Gasteiger partial charge in [-0.05, 0) is 57.6 Å². The molecule has 1 aromatic rings. The second kappa shape index (κ2) is 7.87. The first kappa shape index (κ1) is 16.4. The number of likely N-dealkylation sites (N-methyl/N-ethyl adjacent to an activating group) is 1. The van der Waals surface area contributed by atoms with Crippen molar-refractivity contribution in [2.24, 2.45) is 5.73 Å². The summed E-state index contributed by atoms with van der Waals surface area (Å²) in [4.78, 5) is 9.31. The zero-order chi connectivity index (χ0) is 15.2. The van der Waals surface area contributed by atoms with Gasteiger partial charge in [-0.1, -0.05) is 19.9 Å². The largest absolute Gasteiger partial charge is 0.326 e. The molecule has 1 saturated heterocycles. The molecule has 0 amide bonds. The van der Waals surface area contributed by atoms with Gasteiger partial charge in [0.25, 0.3) is 0 Å². The van der Waals surface area contributed by atoms with Crippen LogP contribution in [0.2, 0.25) is 0 Å².